The predicted molar refractivity (Wildman–Crippen MR) is 48.2 cm³/mol. The van der Waals surface area contributed by atoms with E-state index >= 15 is 0 Å². The van der Waals surface area contributed by atoms with Crippen molar-refractivity contribution in [2.24, 2.45) is 0 Å². The van der Waals surface area contributed by atoms with Gasteiger partial charge < -0.3 is 10.3 Å². The summed E-state index contributed by atoms with van der Waals surface area (Å²) >= 11 is 0. The van der Waals surface area contributed by atoms with Gasteiger partial charge in [0.15, 0.2) is 0 Å². The number of imidazole rings is 1. The van der Waals surface area contributed by atoms with Crippen molar-refractivity contribution < 1.29 is 0 Å². The van der Waals surface area contributed by atoms with Gasteiger partial charge in [0.2, 0.25) is 0 Å². The fraction of sp³-hybridized carbons (Fsp3) is 0.667. The van der Waals surface area contributed by atoms with Gasteiger partial charge in [-0.2, -0.15) is 0 Å². The van der Waals surface area contributed by atoms with Crippen molar-refractivity contribution in [1.82, 2.24) is 15.3 Å². The predicted octanol–water partition coefficient (Wildman–Crippen LogP) is 1.19. The first-order valence-corrected chi connectivity index (χ1v) is 4.58. The summed E-state index contributed by atoms with van der Waals surface area (Å²) in [6, 6.07) is 0. The highest BCUT2D eigenvalue weighted by atomic mass is 14.9. The Labute approximate surface area is 72.6 Å². The van der Waals surface area contributed by atoms with E-state index in [-0.39, 0.29) is 0 Å². The van der Waals surface area contributed by atoms with E-state index in [9.17, 15) is 0 Å². The zero-order chi connectivity index (χ0) is 8.39. The Hall–Kier alpha value is -0.830. The number of aromatic nitrogens is 2. The first-order valence-electron chi connectivity index (χ1n) is 4.58. The minimum Gasteiger partial charge on any atom is -0.348 e. The standard InChI is InChI=1S/C9H15N3/c1-7-9(12-6-11-7)8-3-2-4-10-5-8/h6,8,10H,2-5H2,1H3,(H,11,12). The first kappa shape index (κ1) is 7.80. The minimum absolute atomic E-state index is 0.630. The van der Waals surface area contributed by atoms with E-state index in [4.69, 9.17) is 0 Å². The maximum atomic E-state index is 4.34. The molecule has 1 atom stereocenters. The molecule has 0 radical (unpaired) electrons. The van der Waals surface area contributed by atoms with Crippen molar-refractivity contribution in [1.29, 1.82) is 0 Å². The lowest BCUT2D eigenvalue weighted by molar-refractivity contribution is 0.454. The molecule has 1 unspecified atom stereocenters. The second-order valence-electron chi connectivity index (χ2n) is 3.46. The molecule has 0 bridgehead atoms. The Balaban J connectivity index is 2.13. The normalized spacial score (nSPS) is 24.2. The number of nitrogens with zero attached hydrogens (tertiary/aromatic N) is 1. The van der Waals surface area contributed by atoms with Crippen LogP contribution in [0.5, 0.6) is 0 Å². The van der Waals surface area contributed by atoms with Crippen LogP contribution in [0.2, 0.25) is 0 Å². The van der Waals surface area contributed by atoms with E-state index in [1.165, 1.54) is 30.8 Å². The second kappa shape index (κ2) is 3.27. The fourth-order valence-corrected chi connectivity index (χ4v) is 1.87. The van der Waals surface area contributed by atoms with E-state index in [0.29, 0.717) is 5.92 Å². The highest BCUT2D eigenvalue weighted by Crippen LogP contribution is 2.22. The molecule has 1 aromatic heterocycles. The smallest absolute Gasteiger partial charge is 0.0925 e. The van der Waals surface area contributed by atoms with Gasteiger partial charge in [-0.1, -0.05) is 0 Å². The van der Waals surface area contributed by atoms with Crippen LogP contribution in [-0.4, -0.2) is 23.1 Å². The summed E-state index contributed by atoms with van der Waals surface area (Å²) in [7, 11) is 0. The molecule has 2 heterocycles. The Morgan fingerprint density at radius 2 is 2.50 bits per heavy atom. The second-order valence-corrected chi connectivity index (χ2v) is 3.46. The number of piperidine rings is 1. The van der Waals surface area contributed by atoms with E-state index in [2.05, 4.69) is 22.2 Å². The fourth-order valence-electron chi connectivity index (χ4n) is 1.87. The number of hydrogen-bond acceptors (Lipinski definition) is 2. The lowest BCUT2D eigenvalue weighted by atomic mass is 9.95. The number of H-pyrrole nitrogens is 1. The van der Waals surface area contributed by atoms with Gasteiger partial charge in [-0.15, -0.1) is 0 Å². The molecule has 0 aromatic carbocycles. The molecular weight excluding hydrogens is 150 g/mol. The van der Waals surface area contributed by atoms with Crippen LogP contribution in [0.3, 0.4) is 0 Å². The largest absolute Gasteiger partial charge is 0.348 e. The van der Waals surface area contributed by atoms with Crippen LogP contribution in [0.25, 0.3) is 0 Å². The molecule has 1 aromatic rings. The molecule has 2 N–H and O–H groups in total. The summed E-state index contributed by atoms with van der Waals surface area (Å²) in [6.45, 7) is 4.35. The van der Waals surface area contributed by atoms with E-state index in [1.54, 1.807) is 6.33 Å². The highest BCUT2D eigenvalue weighted by molar-refractivity contribution is 5.15. The molecule has 0 saturated carbocycles. The Bertz CT molecular complexity index is 248. The molecule has 0 amide bonds. The Morgan fingerprint density at radius 1 is 1.58 bits per heavy atom. The topological polar surface area (TPSA) is 40.7 Å². The summed E-state index contributed by atoms with van der Waals surface area (Å²) in [6.07, 6.45) is 4.34. The van der Waals surface area contributed by atoms with Crippen molar-refractivity contribution in [2.75, 3.05) is 13.1 Å². The summed E-state index contributed by atoms with van der Waals surface area (Å²) in [5.41, 5.74) is 2.48. The molecule has 2 rings (SSSR count). The van der Waals surface area contributed by atoms with Crippen LogP contribution >= 0.6 is 0 Å². The summed E-state index contributed by atoms with van der Waals surface area (Å²) in [4.78, 5) is 7.47. The van der Waals surface area contributed by atoms with Gasteiger partial charge in [-0.3, -0.25) is 0 Å². The average molecular weight is 165 g/mol. The monoisotopic (exact) mass is 165 g/mol. The van der Waals surface area contributed by atoms with Gasteiger partial charge in [0.25, 0.3) is 0 Å². The van der Waals surface area contributed by atoms with Crippen molar-refractivity contribution in [3.8, 4) is 0 Å². The molecule has 3 heteroatoms. The van der Waals surface area contributed by atoms with Crippen molar-refractivity contribution in [3.05, 3.63) is 17.7 Å². The van der Waals surface area contributed by atoms with Crippen molar-refractivity contribution in [2.45, 2.75) is 25.7 Å². The Kier molecular flexibility index (Phi) is 2.13. The van der Waals surface area contributed by atoms with Gasteiger partial charge in [-0.05, 0) is 26.3 Å². The number of aromatic amines is 1. The van der Waals surface area contributed by atoms with Gasteiger partial charge in [0.05, 0.1) is 12.0 Å². The molecule has 1 aliphatic rings. The van der Waals surface area contributed by atoms with E-state index < -0.39 is 0 Å². The zero-order valence-electron chi connectivity index (χ0n) is 7.43. The third kappa shape index (κ3) is 1.37. The number of rotatable bonds is 1. The summed E-state index contributed by atoms with van der Waals surface area (Å²) < 4.78 is 0. The molecule has 3 nitrogen and oxygen atoms in total. The lowest BCUT2D eigenvalue weighted by Gasteiger charge is -2.21. The summed E-state index contributed by atoms with van der Waals surface area (Å²) in [5.74, 6) is 0.630. The van der Waals surface area contributed by atoms with E-state index in [0.717, 1.165) is 6.54 Å². The van der Waals surface area contributed by atoms with Crippen LogP contribution in [0.15, 0.2) is 6.33 Å². The third-order valence-corrected chi connectivity index (χ3v) is 2.55. The Morgan fingerprint density at radius 3 is 3.08 bits per heavy atom. The average Bonchev–Trinajstić information content (AvgIpc) is 2.53. The van der Waals surface area contributed by atoms with Crippen LogP contribution < -0.4 is 5.32 Å². The molecule has 0 aliphatic carbocycles. The molecular formula is C9H15N3. The zero-order valence-corrected chi connectivity index (χ0v) is 7.43. The van der Waals surface area contributed by atoms with E-state index in [1.807, 2.05) is 0 Å². The molecule has 1 saturated heterocycles. The van der Waals surface area contributed by atoms with Gasteiger partial charge in [0.1, 0.15) is 0 Å². The van der Waals surface area contributed by atoms with Gasteiger partial charge in [-0.25, -0.2) is 4.98 Å². The summed E-state index contributed by atoms with van der Waals surface area (Å²) in [5, 5.41) is 3.40. The molecule has 12 heavy (non-hydrogen) atoms. The highest BCUT2D eigenvalue weighted by Gasteiger charge is 2.18. The van der Waals surface area contributed by atoms with Gasteiger partial charge >= 0.3 is 0 Å². The van der Waals surface area contributed by atoms with Crippen LogP contribution in [-0.2, 0) is 0 Å². The molecule has 0 spiro atoms. The number of nitrogens with one attached hydrogen (secondary N) is 2. The van der Waals surface area contributed by atoms with Crippen molar-refractivity contribution >= 4 is 0 Å². The lowest BCUT2D eigenvalue weighted by Crippen LogP contribution is -2.28. The van der Waals surface area contributed by atoms with Crippen molar-refractivity contribution in [3.63, 3.8) is 0 Å². The maximum Gasteiger partial charge on any atom is 0.0925 e. The number of hydrogen-bond donors (Lipinski definition) is 2. The molecule has 1 aliphatic heterocycles. The van der Waals surface area contributed by atoms with Crippen LogP contribution in [0.1, 0.15) is 30.1 Å². The van der Waals surface area contributed by atoms with Crippen LogP contribution in [0.4, 0.5) is 0 Å². The molecule has 1 fully saturated rings. The SMILES string of the molecule is Cc1[nH]cnc1C1CCCNC1. The van der Waals surface area contributed by atoms with Crippen LogP contribution in [0, 0.1) is 6.92 Å². The first-order chi connectivity index (χ1) is 5.88. The number of aryl methyl sites for hydroxylation is 1. The molecule has 66 valence electrons. The quantitative estimate of drug-likeness (QED) is 0.656. The third-order valence-electron chi connectivity index (χ3n) is 2.55. The maximum absolute atomic E-state index is 4.34. The van der Waals surface area contributed by atoms with Gasteiger partial charge in [0, 0.05) is 18.2 Å². The minimum atomic E-state index is 0.630.